The second-order valence-corrected chi connectivity index (χ2v) is 10.5. The molecule has 174 valence electrons. The molecule has 0 radical (unpaired) electrons. The van der Waals surface area contributed by atoms with Gasteiger partial charge in [-0.05, 0) is 92.8 Å². The highest BCUT2D eigenvalue weighted by Crippen LogP contribution is 2.39. The molecule has 0 bridgehead atoms. The Morgan fingerprint density at radius 2 is 2.03 bits per heavy atom. The van der Waals surface area contributed by atoms with Crippen LogP contribution < -0.4 is 10.6 Å². The third-order valence-electron chi connectivity index (χ3n) is 7.08. The minimum Gasteiger partial charge on any atom is -0.361 e. The molecule has 0 spiro atoms. The van der Waals surface area contributed by atoms with Crippen molar-refractivity contribution in [2.45, 2.75) is 62.3 Å². The van der Waals surface area contributed by atoms with Gasteiger partial charge in [-0.1, -0.05) is 25.5 Å². The van der Waals surface area contributed by atoms with Gasteiger partial charge in [0.15, 0.2) is 0 Å². The van der Waals surface area contributed by atoms with Crippen LogP contribution >= 0.6 is 11.8 Å². The van der Waals surface area contributed by atoms with Gasteiger partial charge in [-0.25, -0.2) is 4.79 Å². The van der Waals surface area contributed by atoms with Crippen molar-refractivity contribution in [2.75, 3.05) is 29.5 Å². The second kappa shape index (κ2) is 10.2. The number of urea groups is 1. The number of piperidine rings is 2. The lowest BCUT2D eigenvalue weighted by atomic mass is 9.82. The van der Waals surface area contributed by atoms with E-state index in [9.17, 15) is 4.79 Å². The summed E-state index contributed by atoms with van der Waals surface area (Å²) < 4.78 is 0. The Hall–Kier alpha value is -2.44. The summed E-state index contributed by atoms with van der Waals surface area (Å²) in [5.74, 6) is 1.62. The van der Waals surface area contributed by atoms with Crippen LogP contribution in [0.25, 0.3) is 10.9 Å². The Labute approximate surface area is 200 Å². The fourth-order valence-electron chi connectivity index (χ4n) is 5.42. The molecule has 3 N–H and O–H groups in total. The molecule has 2 fully saturated rings. The molecule has 33 heavy (non-hydrogen) atoms. The molecule has 2 aliphatic heterocycles. The number of para-hydroxylation sites is 1. The first kappa shape index (κ1) is 22.4. The van der Waals surface area contributed by atoms with Crippen molar-refractivity contribution < 1.29 is 4.79 Å². The van der Waals surface area contributed by atoms with Crippen LogP contribution in [0.3, 0.4) is 0 Å². The standard InChI is InChI=1S/C27H34N4OS/c1-2-15-33-26-9-4-3-8-25(26)30-27(32)29-20-10-11-24-22(17-20)23(18-28-24)19-12-14-31-13-6-5-7-21(31)16-19/h3-4,8-11,17-19,21,28H,2,5-7,12-16H2,1H3,(H2,29,30,32). The lowest BCUT2D eigenvalue weighted by Crippen LogP contribution is -2.44. The molecule has 1 aromatic heterocycles. The van der Waals surface area contributed by atoms with Crippen LogP contribution in [0.15, 0.2) is 53.6 Å². The number of nitrogens with zero attached hydrogens (tertiary/aromatic N) is 1. The van der Waals surface area contributed by atoms with E-state index < -0.39 is 0 Å². The van der Waals surface area contributed by atoms with Gasteiger partial charge >= 0.3 is 6.03 Å². The van der Waals surface area contributed by atoms with Crippen LogP contribution in [0.4, 0.5) is 16.2 Å². The molecule has 6 heteroatoms. The lowest BCUT2D eigenvalue weighted by Gasteiger charge is -2.42. The number of thioether (sulfide) groups is 1. The fraction of sp³-hybridized carbons (Fsp3) is 0.444. The molecule has 0 saturated carbocycles. The molecule has 3 aromatic rings. The van der Waals surface area contributed by atoms with Crippen LogP contribution in [-0.2, 0) is 0 Å². The van der Waals surface area contributed by atoms with E-state index in [-0.39, 0.29) is 6.03 Å². The van der Waals surface area contributed by atoms with E-state index in [0.29, 0.717) is 5.92 Å². The Morgan fingerprint density at radius 1 is 1.12 bits per heavy atom. The zero-order valence-electron chi connectivity index (χ0n) is 19.4. The molecule has 2 saturated heterocycles. The highest BCUT2D eigenvalue weighted by molar-refractivity contribution is 7.99. The summed E-state index contributed by atoms with van der Waals surface area (Å²) >= 11 is 1.77. The number of nitrogens with one attached hydrogen (secondary N) is 3. The fourth-order valence-corrected chi connectivity index (χ4v) is 6.30. The van der Waals surface area contributed by atoms with Crippen molar-refractivity contribution in [3.05, 3.63) is 54.2 Å². The smallest absolute Gasteiger partial charge is 0.323 e. The van der Waals surface area contributed by atoms with Gasteiger partial charge in [-0.2, -0.15) is 0 Å². The van der Waals surface area contributed by atoms with E-state index in [1.165, 1.54) is 56.1 Å². The zero-order chi connectivity index (χ0) is 22.6. The number of benzene rings is 2. The largest absolute Gasteiger partial charge is 0.361 e. The third kappa shape index (κ3) is 5.07. The summed E-state index contributed by atoms with van der Waals surface area (Å²) in [6.07, 6.45) is 9.82. The molecule has 2 atom stereocenters. The van der Waals surface area contributed by atoms with Crippen molar-refractivity contribution in [3.8, 4) is 0 Å². The lowest BCUT2D eigenvalue weighted by molar-refractivity contribution is 0.0977. The second-order valence-electron chi connectivity index (χ2n) is 9.34. The Bertz CT molecular complexity index is 1110. The maximum Gasteiger partial charge on any atom is 0.323 e. The monoisotopic (exact) mass is 462 g/mol. The topological polar surface area (TPSA) is 60.2 Å². The number of H-pyrrole nitrogens is 1. The number of anilines is 2. The average Bonchev–Trinajstić information content (AvgIpc) is 3.26. The van der Waals surface area contributed by atoms with E-state index in [0.717, 1.165) is 40.0 Å². The number of amides is 2. The van der Waals surface area contributed by atoms with Crippen LogP contribution in [0.2, 0.25) is 0 Å². The van der Waals surface area contributed by atoms with Gasteiger partial charge in [-0.15, -0.1) is 11.8 Å². The molecule has 2 unspecified atom stereocenters. The van der Waals surface area contributed by atoms with Gasteiger partial charge in [0.25, 0.3) is 0 Å². The first-order valence-electron chi connectivity index (χ1n) is 12.4. The number of rotatable bonds is 6. The summed E-state index contributed by atoms with van der Waals surface area (Å²) in [7, 11) is 0. The number of aromatic nitrogens is 1. The number of fused-ring (bicyclic) bond motifs is 2. The first-order chi connectivity index (χ1) is 16.2. The van der Waals surface area contributed by atoms with Crippen molar-refractivity contribution in [3.63, 3.8) is 0 Å². The summed E-state index contributed by atoms with van der Waals surface area (Å²) in [4.78, 5) is 20.0. The average molecular weight is 463 g/mol. The molecular formula is C27H34N4OS. The van der Waals surface area contributed by atoms with Gasteiger partial charge in [0, 0.05) is 33.7 Å². The van der Waals surface area contributed by atoms with Crippen molar-refractivity contribution >= 4 is 40.1 Å². The van der Waals surface area contributed by atoms with E-state index in [1.807, 2.05) is 24.3 Å². The van der Waals surface area contributed by atoms with E-state index in [4.69, 9.17) is 0 Å². The van der Waals surface area contributed by atoms with Crippen LogP contribution in [-0.4, -0.2) is 40.8 Å². The molecule has 5 rings (SSSR count). The molecule has 2 amide bonds. The van der Waals surface area contributed by atoms with Crippen LogP contribution in [0.5, 0.6) is 0 Å². The van der Waals surface area contributed by atoms with Gasteiger partial charge < -0.3 is 20.5 Å². The summed E-state index contributed by atoms with van der Waals surface area (Å²) in [6, 6.07) is 14.7. The zero-order valence-corrected chi connectivity index (χ0v) is 20.2. The van der Waals surface area contributed by atoms with Gasteiger partial charge in [0.2, 0.25) is 0 Å². The van der Waals surface area contributed by atoms with Crippen molar-refractivity contribution in [2.24, 2.45) is 0 Å². The maximum absolute atomic E-state index is 12.8. The quantitative estimate of drug-likeness (QED) is 0.344. The van der Waals surface area contributed by atoms with E-state index >= 15 is 0 Å². The highest BCUT2D eigenvalue weighted by Gasteiger charge is 2.31. The van der Waals surface area contributed by atoms with Gasteiger partial charge in [0.1, 0.15) is 0 Å². The molecule has 2 aliphatic rings. The minimum atomic E-state index is -0.202. The summed E-state index contributed by atoms with van der Waals surface area (Å²) in [5, 5.41) is 7.32. The van der Waals surface area contributed by atoms with E-state index in [1.54, 1.807) is 11.8 Å². The molecule has 2 aromatic carbocycles. The van der Waals surface area contributed by atoms with E-state index in [2.05, 4.69) is 51.8 Å². The summed E-state index contributed by atoms with van der Waals surface area (Å²) in [5.41, 5.74) is 4.23. The van der Waals surface area contributed by atoms with Crippen LogP contribution in [0.1, 0.15) is 56.9 Å². The SMILES string of the molecule is CCCSc1ccccc1NC(=O)Nc1ccc2[nH]cc(C3CCN4CCCCC4C3)c2c1. The molecule has 0 aliphatic carbocycles. The molecule has 5 nitrogen and oxygen atoms in total. The van der Waals surface area contributed by atoms with Crippen molar-refractivity contribution in [1.29, 1.82) is 0 Å². The maximum atomic E-state index is 12.8. The normalized spacial score (nSPS) is 21.0. The summed E-state index contributed by atoms with van der Waals surface area (Å²) in [6.45, 7) is 4.64. The predicted octanol–water partition coefficient (Wildman–Crippen LogP) is 7.05. The third-order valence-corrected chi connectivity index (χ3v) is 8.36. The number of aromatic amines is 1. The van der Waals surface area contributed by atoms with Crippen molar-refractivity contribution in [1.82, 2.24) is 9.88 Å². The Kier molecular flexibility index (Phi) is 6.93. The van der Waals surface area contributed by atoms with Gasteiger partial charge in [-0.3, -0.25) is 0 Å². The number of hydrogen-bond acceptors (Lipinski definition) is 3. The Morgan fingerprint density at radius 3 is 2.94 bits per heavy atom. The predicted molar refractivity (Wildman–Crippen MR) is 140 cm³/mol. The highest BCUT2D eigenvalue weighted by atomic mass is 32.2. The molecule has 3 heterocycles. The first-order valence-corrected chi connectivity index (χ1v) is 13.3. The van der Waals surface area contributed by atoms with Crippen LogP contribution in [0, 0.1) is 0 Å². The molecular weight excluding hydrogens is 428 g/mol. The van der Waals surface area contributed by atoms with Gasteiger partial charge in [0.05, 0.1) is 5.69 Å². The number of carbonyl (C=O) groups is 1. The number of hydrogen-bond donors (Lipinski definition) is 3. The minimum absolute atomic E-state index is 0.202. The number of carbonyl (C=O) groups excluding carboxylic acids is 1. The Balaban J connectivity index is 1.29.